The number of hydrogen-bond acceptors (Lipinski definition) is 0. The molecule has 0 spiro atoms. The van der Waals surface area contributed by atoms with Gasteiger partial charge in [0.2, 0.25) is 22.8 Å². The molecule has 0 saturated heterocycles. The van der Waals surface area contributed by atoms with Crippen molar-refractivity contribution in [1.82, 2.24) is 0 Å². The zero-order chi connectivity index (χ0) is 69.4. The lowest BCUT2D eigenvalue weighted by Gasteiger charge is -2.20. The summed E-state index contributed by atoms with van der Waals surface area (Å²) in [6.07, 6.45) is 9.84. The largest absolute Gasteiger partial charge is 0.212 e. The number of nitrogens with zero attached hydrogens (tertiary/aromatic N) is 4. The van der Waals surface area contributed by atoms with Crippen molar-refractivity contribution in [3.05, 3.63) is 308 Å². The van der Waals surface area contributed by atoms with E-state index in [9.17, 15) is 0 Å². The molecule has 8 aromatic carbocycles. The summed E-state index contributed by atoms with van der Waals surface area (Å²) in [4.78, 5) is 0. The lowest BCUT2D eigenvalue weighted by atomic mass is 9.86. The monoisotopic (exact) mass is 1260 g/mol. The smallest absolute Gasteiger partial charge is 0.201 e. The minimum absolute atomic E-state index is 0.275. The van der Waals surface area contributed by atoms with Gasteiger partial charge in [0.15, 0.2) is 24.8 Å². The second kappa shape index (κ2) is 30.4. The highest BCUT2D eigenvalue weighted by molar-refractivity contribution is 5.79. The lowest BCUT2D eigenvalue weighted by Crippen LogP contribution is -2.32. The van der Waals surface area contributed by atoms with E-state index in [2.05, 4.69) is 390 Å². The fourth-order valence-corrected chi connectivity index (χ4v) is 13.1. The molecule has 0 saturated carbocycles. The van der Waals surface area contributed by atoms with Crippen LogP contribution in [-0.4, -0.2) is 0 Å². The van der Waals surface area contributed by atoms with Crippen LogP contribution in [0.25, 0.3) is 89.5 Å². The van der Waals surface area contributed by atoms with Crippen LogP contribution >= 0.6 is 0 Å². The van der Waals surface area contributed by atoms with Gasteiger partial charge in [0.25, 0.3) is 0 Å². The summed E-state index contributed by atoms with van der Waals surface area (Å²) in [6.45, 7) is 39.6. The van der Waals surface area contributed by atoms with Crippen LogP contribution in [0.4, 0.5) is 0 Å². The number of rotatable bonds is 9. The van der Waals surface area contributed by atoms with Gasteiger partial charge in [0, 0.05) is 69.8 Å². The van der Waals surface area contributed by atoms with Crippen LogP contribution in [0.5, 0.6) is 0 Å². The highest BCUT2D eigenvalue weighted by Gasteiger charge is 2.23. The van der Waals surface area contributed by atoms with Gasteiger partial charge in [-0.15, -0.1) is 0 Å². The average Bonchev–Trinajstić information content (AvgIpc) is 0.805. The summed E-state index contributed by atoms with van der Waals surface area (Å²) >= 11 is 0. The van der Waals surface area contributed by atoms with Gasteiger partial charge in [-0.25, -0.2) is 18.3 Å². The van der Waals surface area contributed by atoms with Crippen LogP contribution in [0.1, 0.15) is 110 Å². The van der Waals surface area contributed by atoms with Crippen molar-refractivity contribution in [1.29, 1.82) is 0 Å². The molecule has 0 unspecified atom stereocenters. The predicted molar refractivity (Wildman–Crippen MR) is 408 cm³/mol. The summed E-state index contributed by atoms with van der Waals surface area (Å²) in [5, 5.41) is 0. The van der Waals surface area contributed by atoms with Crippen molar-refractivity contribution in [3.63, 3.8) is 0 Å². The summed E-state index contributed by atoms with van der Waals surface area (Å²) < 4.78 is 8.89. The zero-order valence-corrected chi connectivity index (χ0v) is 61.8. The molecule has 0 radical (unpaired) electrons. The fourth-order valence-electron chi connectivity index (χ4n) is 13.1. The third kappa shape index (κ3) is 17.2. The molecule has 4 heterocycles. The number of hydrogen-bond donors (Lipinski definition) is 0. The lowest BCUT2D eigenvalue weighted by molar-refractivity contribution is -0.660. The second-order valence-electron chi connectivity index (χ2n) is 28.7. The molecule has 0 aliphatic rings. The summed E-state index contributed by atoms with van der Waals surface area (Å²) in [6, 6.07) is 71.2. The normalized spacial score (nSPS) is 11.1. The molecule has 0 aliphatic heterocycles. The minimum Gasteiger partial charge on any atom is -0.201 e. The first-order chi connectivity index (χ1) is 45.5. The van der Waals surface area contributed by atoms with Crippen molar-refractivity contribution in [2.75, 3.05) is 0 Å². The highest BCUT2D eigenvalue weighted by Crippen LogP contribution is 2.36. The summed E-state index contributed by atoms with van der Waals surface area (Å²) in [5.74, 6) is 0. The zero-order valence-electron chi connectivity index (χ0n) is 61.8. The molecule has 4 heteroatoms. The Kier molecular flexibility index (Phi) is 22.4. The van der Waals surface area contributed by atoms with Crippen LogP contribution in [0.2, 0.25) is 0 Å². The van der Waals surface area contributed by atoms with Crippen LogP contribution in [0.3, 0.4) is 0 Å². The third-order valence-corrected chi connectivity index (χ3v) is 18.9. The summed E-state index contributed by atoms with van der Waals surface area (Å²) in [5.41, 5.74) is 42.1. The summed E-state index contributed by atoms with van der Waals surface area (Å²) in [7, 11) is 8.50. The Morgan fingerprint density at radius 3 is 0.979 bits per heavy atom. The van der Waals surface area contributed by atoms with Gasteiger partial charge < -0.3 is 0 Å². The van der Waals surface area contributed by atoms with Crippen molar-refractivity contribution in [3.8, 4) is 89.5 Å². The molecule has 0 fully saturated rings. The van der Waals surface area contributed by atoms with Gasteiger partial charge in [-0.3, -0.25) is 0 Å². The maximum Gasteiger partial charge on any atom is 0.212 e. The highest BCUT2D eigenvalue weighted by atomic mass is 14.9. The molecule has 0 aliphatic carbocycles. The van der Waals surface area contributed by atoms with E-state index in [1.54, 1.807) is 0 Å². The Bertz CT molecular complexity index is 4750. The Balaban J connectivity index is 0.000000151. The van der Waals surface area contributed by atoms with E-state index < -0.39 is 0 Å². The SMILES string of the molecule is Cc1cc[n+](C)c(-c2cc(-c3ccccc3)ccc2C)c1.Cc1ccc(-c2cc(-c3cc(C)c(C)c[n+]3C)c(C)cc2C)cc1.Cc1ccc(-c2cc(-c3cc(C)cc[n+]3C)c(C)cc2C)cc1.Cc1ccc(-c2cc(-c3cc(CC(C)(C)C)c(C)c[n+]3C)c(C)cc2C)cc1. The molecule has 4 nitrogen and oxygen atoms in total. The first kappa shape index (κ1) is 70.7. The van der Waals surface area contributed by atoms with E-state index in [1.807, 2.05) is 0 Å². The number of pyridine rings is 4. The standard InChI is InChI=1S/C27H34N.C23H26N.C22H24N.C20H20N/c1-18-9-11-22(12-10-18)24-15-25(20(3)13-19(24)2)26-14-23(16-27(5,6)7)21(4)17-28(26)8;1-15-7-9-20(10-8-15)21-13-22(18(4)11-17(21)3)23-12-16(2)19(5)14-24(23)6;1-15-6-8-19(9-7-15)20-14-21(18(4)13-17(20)3)22-12-16(2)10-11-23(22)5;1-15-11-12-21(3)20(13-15)19-14-18(10-9-16(19)2)17-7-5-4-6-8-17/h9-15,17H,16H2,1-8H3;7-14H,1-6H3;6-14H,1-5H3;4-14H,1-3H3/q4*+1. The van der Waals surface area contributed by atoms with Gasteiger partial charge in [0.1, 0.15) is 28.2 Å². The average molecular weight is 1270 g/mol. The number of aromatic nitrogens is 4. The van der Waals surface area contributed by atoms with Crippen LogP contribution in [-0.2, 0) is 34.6 Å². The van der Waals surface area contributed by atoms with E-state index in [1.165, 1.54) is 179 Å². The van der Waals surface area contributed by atoms with Gasteiger partial charge in [-0.05, 0) is 246 Å². The van der Waals surface area contributed by atoms with E-state index in [0.717, 1.165) is 6.42 Å². The Labute approximate surface area is 577 Å². The number of aryl methyl sites for hydroxylation is 19. The molecule has 4 aromatic heterocycles. The molecular weight excluding hydrogens is 1160 g/mol. The maximum atomic E-state index is 2.40. The molecule has 12 aromatic rings. The molecule has 488 valence electrons. The van der Waals surface area contributed by atoms with Gasteiger partial charge in [-0.1, -0.05) is 171 Å². The van der Waals surface area contributed by atoms with E-state index in [4.69, 9.17) is 0 Å². The van der Waals surface area contributed by atoms with E-state index in [0.29, 0.717) is 0 Å². The van der Waals surface area contributed by atoms with Crippen molar-refractivity contribution in [2.45, 2.75) is 131 Å². The molecule has 0 amide bonds. The molecular formula is C92H104N4+4. The Hall–Kier alpha value is -9.64. The second-order valence-corrected chi connectivity index (χ2v) is 28.7. The Morgan fingerprint density at radius 1 is 0.240 bits per heavy atom. The molecule has 0 atom stereocenters. The van der Waals surface area contributed by atoms with Crippen LogP contribution in [0, 0.1) is 109 Å². The minimum atomic E-state index is 0.275. The molecule has 12 rings (SSSR count). The van der Waals surface area contributed by atoms with Crippen molar-refractivity contribution in [2.24, 2.45) is 33.6 Å². The molecule has 0 bridgehead atoms. The predicted octanol–water partition coefficient (Wildman–Crippen LogP) is 21.6. The van der Waals surface area contributed by atoms with Gasteiger partial charge in [0.05, 0.1) is 0 Å². The van der Waals surface area contributed by atoms with Crippen molar-refractivity contribution >= 4 is 0 Å². The van der Waals surface area contributed by atoms with E-state index >= 15 is 0 Å². The van der Waals surface area contributed by atoms with Gasteiger partial charge in [-0.2, -0.15) is 0 Å². The Morgan fingerprint density at radius 2 is 0.583 bits per heavy atom. The van der Waals surface area contributed by atoms with Crippen LogP contribution < -0.4 is 18.3 Å². The number of benzene rings is 8. The third-order valence-electron chi connectivity index (χ3n) is 18.9. The maximum absolute atomic E-state index is 2.40. The van der Waals surface area contributed by atoms with Crippen LogP contribution in [0.15, 0.2) is 219 Å². The quantitative estimate of drug-likeness (QED) is 0.128. The van der Waals surface area contributed by atoms with Gasteiger partial charge >= 0.3 is 0 Å². The first-order valence-corrected chi connectivity index (χ1v) is 34.1. The molecule has 0 N–H and O–H groups in total. The fraction of sp³-hybridized carbons (Fsp3) is 0.261. The first-order valence-electron chi connectivity index (χ1n) is 34.1. The van der Waals surface area contributed by atoms with E-state index in [-0.39, 0.29) is 5.41 Å². The molecule has 96 heavy (non-hydrogen) atoms. The topological polar surface area (TPSA) is 15.5 Å². The van der Waals surface area contributed by atoms with Crippen molar-refractivity contribution < 1.29 is 18.3 Å².